The number of benzene rings is 2. The number of hydrogen-bond donors (Lipinski definition) is 3. The predicted molar refractivity (Wildman–Crippen MR) is 93.5 cm³/mol. The van der Waals surface area contributed by atoms with E-state index in [-0.39, 0.29) is 6.03 Å². The minimum Gasteiger partial charge on any atom is -0.489 e. The molecule has 0 fully saturated rings. The van der Waals surface area contributed by atoms with Crippen molar-refractivity contribution in [1.29, 1.82) is 0 Å². The molecule has 0 saturated heterocycles. The zero-order chi connectivity index (χ0) is 17.8. The van der Waals surface area contributed by atoms with Crippen LogP contribution < -0.4 is 21.1 Å². The van der Waals surface area contributed by atoms with Crippen molar-refractivity contribution < 1.29 is 14.3 Å². The third-order valence-corrected chi connectivity index (χ3v) is 4.00. The number of urea groups is 1. The smallest absolute Gasteiger partial charge is 0.319 e. The highest BCUT2D eigenvalue weighted by Crippen LogP contribution is 2.27. The summed E-state index contributed by atoms with van der Waals surface area (Å²) in [5.74, 6) is 0.133. The van der Waals surface area contributed by atoms with Gasteiger partial charge in [0.15, 0.2) is 0 Å². The lowest BCUT2D eigenvalue weighted by molar-refractivity contribution is -0.115. The highest BCUT2D eigenvalue weighted by molar-refractivity contribution is 5.97. The van der Waals surface area contributed by atoms with Gasteiger partial charge in [-0.25, -0.2) is 4.79 Å². The van der Waals surface area contributed by atoms with Crippen molar-refractivity contribution >= 4 is 11.9 Å². The van der Waals surface area contributed by atoms with Crippen molar-refractivity contribution in [2.24, 2.45) is 5.73 Å². The summed E-state index contributed by atoms with van der Waals surface area (Å²) in [6.07, 6.45) is 0. The first-order valence-corrected chi connectivity index (χ1v) is 7.89. The third-order valence-electron chi connectivity index (χ3n) is 4.00. The molecule has 2 aromatic carbocycles. The van der Waals surface area contributed by atoms with Gasteiger partial charge in [-0.1, -0.05) is 42.5 Å². The highest BCUT2D eigenvalue weighted by Gasteiger charge is 2.29. The Balaban J connectivity index is 1.76. The fourth-order valence-corrected chi connectivity index (χ4v) is 2.77. The molecule has 1 unspecified atom stereocenters. The summed E-state index contributed by atoms with van der Waals surface area (Å²) in [6, 6.07) is 16.2. The zero-order valence-electron chi connectivity index (χ0n) is 13.8. The van der Waals surface area contributed by atoms with Crippen molar-refractivity contribution in [3.8, 4) is 5.75 Å². The Morgan fingerprint density at radius 1 is 1.12 bits per heavy atom. The van der Waals surface area contributed by atoms with Gasteiger partial charge in [0.25, 0.3) is 0 Å². The fourth-order valence-electron chi connectivity index (χ4n) is 2.77. The lowest BCUT2D eigenvalue weighted by Gasteiger charge is -2.27. The molecule has 25 heavy (non-hydrogen) atoms. The highest BCUT2D eigenvalue weighted by atomic mass is 16.5. The first-order chi connectivity index (χ1) is 12.0. The van der Waals surface area contributed by atoms with Crippen molar-refractivity contribution in [2.75, 3.05) is 0 Å². The van der Waals surface area contributed by atoms with Crippen LogP contribution in [0.25, 0.3) is 0 Å². The van der Waals surface area contributed by atoms with Crippen LogP contribution in [0.1, 0.15) is 24.1 Å². The molecule has 6 nitrogen and oxygen atoms in total. The van der Waals surface area contributed by atoms with E-state index in [1.807, 2.05) is 42.5 Å². The Bertz CT molecular complexity index is 814. The number of carbonyl (C=O) groups is 2. The molecule has 1 heterocycles. The maximum atomic E-state index is 11.7. The van der Waals surface area contributed by atoms with E-state index < -0.39 is 11.9 Å². The molecule has 1 atom stereocenters. The molecule has 1 aliphatic heterocycles. The number of nitrogens with two attached hydrogens (primary N) is 1. The van der Waals surface area contributed by atoms with Gasteiger partial charge in [-0.05, 0) is 30.2 Å². The number of ether oxygens (including phenoxy) is 1. The van der Waals surface area contributed by atoms with E-state index in [0.29, 0.717) is 23.6 Å². The normalized spacial score (nSPS) is 16.8. The number of rotatable bonds is 5. The molecule has 0 aromatic heterocycles. The lowest BCUT2D eigenvalue weighted by atomic mass is 9.95. The number of carbonyl (C=O) groups excluding carboxylic acids is 2. The number of hydrogen-bond acceptors (Lipinski definition) is 3. The van der Waals surface area contributed by atoms with Crippen molar-refractivity contribution in [1.82, 2.24) is 10.6 Å². The number of nitrogens with one attached hydrogen (secondary N) is 2. The quantitative estimate of drug-likeness (QED) is 0.782. The molecule has 3 amide bonds. The van der Waals surface area contributed by atoms with Gasteiger partial charge in [0, 0.05) is 5.70 Å². The molecular formula is C19H19N3O3. The minimum atomic E-state index is -0.575. The number of amides is 3. The molecule has 4 N–H and O–H groups in total. The summed E-state index contributed by atoms with van der Waals surface area (Å²) < 4.78 is 5.75. The molecule has 0 radical (unpaired) electrons. The average molecular weight is 337 g/mol. The monoisotopic (exact) mass is 337 g/mol. The standard InChI is InChI=1S/C19H19N3O3/c1-12-16(18(20)23)17(22-19(24)21-12)14-7-9-15(10-8-14)25-11-13-5-3-2-4-6-13/h2-10,17H,11H2,1H3,(H2,20,23)(H2,21,22,24). The molecule has 0 spiro atoms. The van der Waals surface area contributed by atoms with Crippen LogP contribution in [0.15, 0.2) is 65.9 Å². The summed E-state index contributed by atoms with van der Waals surface area (Å²) in [5.41, 5.74) is 8.10. The molecule has 0 saturated carbocycles. The Hall–Kier alpha value is -3.28. The van der Waals surface area contributed by atoms with E-state index in [0.717, 1.165) is 11.1 Å². The third kappa shape index (κ3) is 3.80. The van der Waals surface area contributed by atoms with Crippen molar-refractivity contribution in [3.05, 3.63) is 77.0 Å². The van der Waals surface area contributed by atoms with E-state index in [4.69, 9.17) is 10.5 Å². The van der Waals surface area contributed by atoms with E-state index in [2.05, 4.69) is 10.6 Å². The Morgan fingerprint density at radius 2 is 1.80 bits per heavy atom. The molecule has 1 aliphatic rings. The van der Waals surface area contributed by atoms with E-state index in [1.54, 1.807) is 19.1 Å². The van der Waals surface area contributed by atoms with E-state index in [9.17, 15) is 9.59 Å². The second-order valence-corrected chi connectivity index (χ2v) is 5.78. The zero-order valence-corrected chi connectivity index (χ0v) is 13.8. The second-order valence-electron chi connectivity index (χ2n) is 5.78. The molecule has 0 bridgehead atoms. The largest absolute Gasteiger partial charge is 0.489 e. The van der Waals surface area contributed by atoms with Crippen LogP contribution in [0.4, 0.5) is 4.79 Å². The van der Waals surface area contributed by atoms with Crippen molar-refractivity contribution in [3.63, 3.8) is 0 Å². The summed E-state index contributed by atoms with van der Waals surface area (Å²) in [6.45, 7) is 2.12. The van der Waals surface area contributed by atoms with Crippen LogP contribution in [0, 0.1) is 0 Å². The average Bonchev–Trinajstić information content (AvgIpc) is 2.60. The lowest BCUT2D eigenvalue weighted by Crippen LogP contribution is -2.46. The molecule has 128 valence electrons. The van der Waals surface area contributed by atoms with Gasteiger partial charge < -0.3 is 21.1 Å². The molecule has 6 heteroatoms. The fraction of sp³-hybridized carbons (Fsp3) is 0.158. The maximum absolute atomic E-state index is 11.7. The van der Waals surface area contributed by atoms with Gasteiger partial charge in [-0.3, -0.25) is 4.79 Å². The molecular weight excluding hydrogens is 318 g/mol. The van der Waals surface area contributed by atoms with Crippen LogP contribution in [0.3, 0.4) is 0 Å². The van der Waals surface area contributed by atoms with Crippen LogP contribution in [0.5, 0.6) is 5.75 Å². The SMILES string of the molecule is CC1=C(C(N)=O)C(c2ccc(OCc3ccccc3)cc2)NC(=O)N1. The second kappa shape index (κ2) is 7.09. The number of primary amides is 1. The summed E-state index contributed by atoms with van der Waals surface area (Å²) in [5, 5.41) is 5.29. The Morgan fingerprint density at radius 3 is 2.44 bits per heavy atom. The maximum Gasteiger partial charge on any atom is 0.319 e. The van der Waals surface area contributed by atoms with Gasteiger partial charge in [-0.15, -0.1) is 0 Å². The van der Waals surface area contributed by atoms with Crippen LogP contribution in [-0.2, 0) is 11.4 Å². The topological polar surface area (TPSA) is 93.5 Å². The number of allylic oxidation sites excluding steroid dienone is 1. The molecule has 2 aromatic rings. The van der Waals surface area contributed by atoms with Gasteiger partial charge in [-0.2, -0.15) is 0 Å². The van der Waals surface area contributed by atoms with Gasteiger partial charge in [0.2, 0.25) is 5.91 Å². The Labute approximate surface area is 145 Å². The van der Waals surface area contributed by atoms with E-state index in [1.165, 1.54) is 0 Å². The summed E-state index contributed by atoms with van der Waals surface area (Å²) >= 11 is 0. The van der Waals surface area contributed by atoms with Crippen molar-refractivity contribution in [2.45, 2.75) is 19.6 Å². The predicted octanol–water partition coefficient (Wildman–Crippen LogP) is 2.38. The van der Waals surface area contributed by atoms with Gasteiger partial charge in [0.1, 0.15) is 12.4 Å². The van der Waals surface area contributed by atoms with Crippen LogP contribution >= 0.6 is 0 Å². The molecule has 3 rings (SSSR count). The first-order valence-electron chi connectivity index (χ1n) is 7.89. The van der Waals surface area contributed by atoms with Crippen LogP contribution in [-0.4, -0.2) is 11.9 Å². The summed E-state index contributed by atoms with van der Waals surface area (Å²) in [7, 11) is 0. The van der Waals surface area contributed by atoms with Gasteiger partial charge in [0.05, 0.1) is 11.6 Å². The van der Waals surface area contributed by atoms with Crippen LogP contribution in [0.2, 0.25) is 0 Å². The van der Waals surface area contributed by atoms with E-state index >= 15 is 0 Å². The minimum absolute atomic E-state index is 0.345. The first kappa shape index (κ1) is 16.6. The molecule has 0 aliphatic carbocycles. The van der Waals surface area contributed by atoms with Gasteiger partial charge >= 0.3 is 6.03 Å². The Kier molecular flexibility index (Phi) is 4.70. The summed E-state index contributed by atoms with van der Waals surface area (Å²) in [4.78, 5) is 23.4.